The predicted molar refractivity (Wildman–Crippen MR) is 90.7 cm³/mol. The van der Waals surface area contributed by atoms with Gasteiger partial charge in [0, 0.05) is 19.5 Å². The van der Waals surface area contributed by atoms with Gasteiger partial charge in [-0.25, -0.2) is 9.97 Å². The van der Waals surface area contributed by atoms with Gasteiger partial charge in [0.2, 0.25) is 5.91 Å². The van der Waals surface area contributed by atoms with Gasteiger partial charge >= 0.3 is 0 Å². The van der Waals surface area contributed by atoms with Gasteiger partial charge in [0.05, 0.1) is 30.5 Å². The van der Waals surface area contributed by atoms with Crippen LogP contribution in [0.4, 0.5) is 0 Å². The van der Waals surface area contributed by atoms with Crippen molar-refractivity contribution in [3.8, 4) is 0 Å². The lowest BCUT2D eigenvalue weighted by molar-refractivity contribution is -0.139. The van der Waals surface area contributed by atoms with Crippen LogP contribution in [0, 0.1) is 6.92 Å². The molecule has 1 atom stereocenters. The Morgan fingerprint density at radius 1 is 1.40 bits per heavy atom. The number of para-hydroxylation sites is 2. The van der Waals surface area contributed by atoms with Gasteiger partial charge in [-0.3, -0.25) is 9.89 Å². The Labute approximate surface area is 144 Å². The van der Waals surface area contributed by atoms with Crippen LogP contribution in [-0.4, -0.2) is 55.2 Å². The molecule has 1 aromatic carbocycles. The van der Waals surface area contributed by atoms with Crippen molar-refractivity contribution >= 4 is 16.9 Å². The molecule has 2 aromatic heterocycles. The zero-order valence-electron chi connectivity index (χ0n) is 14.1. The number of aromatic amines is 1. The van der Waals surface area contributed by atoms with Crippen molar-refractivity contribution in [1.82, 2.24) is 29.6 Å². The molecule has 0 bridgehead atoms. The molecule has 1 saturated heterocycles. The largest absolute Gasteiger partial charge is 0.366 e. The van der Waals surface area contributed by atoms with Crippen molar-refractivity contribution in [1.29, 1.82) is 0 Å². The van der Waals surface area contributed by atoms with Gasteiger partial charge in [0.1, 0.15) is 11.9 Å². The van der Waals surface area contributed by atoms with Gasteiger partial charge in [-0.1, -0.05) is 12.1 Å². The number of nitrogens with one attached hydrogen (secondary N) is 1. The molecule has 8 nitrogen and oxygen atoms in total. The van der Waals surface area contributed by atoms with Crippen LogP contribution in [0.1, 0.15) is 24.2 Å². The Hall–Kier alpha value is -2.74. The fourth-order valence-electron chi connectivity index (χ4n) is 3.10. The van der Waals surface area contributed by atoms with Gasteiger partial charge in [-0.15, -0.1) is 0 Å². The summed E-state index contributed by atoms with van der Waals surface area (Å²) in [6.45, 7) is 4.04. The van der Waals surface area contributed by atoms with Crippen LogP contribution in [0.25, 0.3) is 11.0 Å². The Balaban J connectivity index is 1.39. The summed E-state index contributed by atoms with van der Waals surface area (Å²) in [5, 5.41) is 6.96. The highest BCUT2D eigenvalue weighted by Gasteiger charge is 2.27. The van der Waals surface area contributed by atoms with E-state index in [1.807, 2.05) is 40.7 Å². The number of aromatic nitrogens is 5. The zero-order valence-corrected chi connectivity index (χ0v) is 14.1. The number of benzene rings is 1. The van der Waals surface area contributed by atoms with Gasteiger partial charge in [-0.2, -0.15) is 5.10 Å². The highest BCUT2D eigenvalue weighted by molar-refractivity contribution is 5.77. The minimum atomic E-state index is -0.267. The summed E-state index contributed by atoms with van der Waals surface area (Å²) in [4.78, 5) is 23.1. The third kappa shape index (κ3) is 3.25. The molecule has 0 radical (unpaired) electrons. The normalized spacial score (nSPS) is 18.0. The first-order valence-corrected chi connectivity index (χ1v) is 8.39. The maximum absolute atomic E-state index is 12.6. The number of fused-ring (bicyclic) bond motifs is 1. The number of aryl methyl sites for hydroxylation is 2. The third-order valence-electron chi connectivity index (χ3n) is 4.42. The molecule has 25 heavy (non-hydrogen) atoms. The summed E-state index contributed by atoms with van der Waals surface area (Å²) >= 11 is 0. The number of nitrogens with zero attached hydrogens (tertiary/aromatic N) is 5. The first-order valence-electron chi connectivity index (χ1n) is 8.39. The lowest BCUT2D eigenvalue weighted by Gasteiger charge is -2.31. The van der Waals surface area contributed by atoms with Crippen LogP contribution in [-0.2, 0) is 16.1 Å². The molecular formula is C17H20N6O2. The number of carbonyl (C=O) groups is 1. The molecule has 3 heterocycles. The maximum atomic E-state index is 12.6. The van der Waals surface area contributed by atoms with Gasteiger partial charge in [0.15, 0.2) is 5.82 Å². The Bertz CT molecular complexity index is 886. The summed E-state index contributed by atoms with van der Waals surface area (Å²) in [6, 6.07) is 7.93. The van der Waals surface area contributed by atoms with E-state index >= 15 is 0 Å². The summed E-state index contributed by atoms with van der Waals surface area (Å²) in [6.07, 6.45) is 1.95. The van der Waals surface area contributed by atoms with E-state index in [2.05, 4.69) is 20.2 Å². The summed E-state index contributed by atoms with van der Waals surface area (Å²) in [5.74, 6) is 1.46. The second-order valence-electron chi connectivity index (χ2n) is 6.15. The summed E-state index contributed by atoms with van der Waals surface area (Å²) < 4.78 is 7.73. The lowest BCUT2D eigenvalue weighted by Crippen LogP contribution is -2.42. The average Bonchev–Trinajstić information content (AvgIpc) is 3.26. The molecule has 1 aliphatic heterocycles. The predicted octanol–water partition coefficient (Wildman–Crippen LogP) is 1.45. The second kappa shape index (κ2) is 6.64. The van der Waals surface area contributed by atoms with Crippen LogP contribution >= 0.6 is 0 Å². The smallest absolute Gasteiger partial charge is 0.224 e. The van der Waals surface area contributed by atoms with E-state index in [9.17, 15) is 4.79 Å². The molecule has 3 aromatic rings. The topological polar surface area (TPSA) is 88.9 Å². The number of hydrogen-bond acceptors (Lipinski definition) is 5. The molecule has 8 heteroatoms. The maximum Gasteiger partial charge on any atom is 0.224 e. The highest BCUT2D eigenvalue weighted by atomic mass is 16.5. The van der Waals surface area contributed by atoms with Gasteiger partial charge in [0.25, 0.3) is 0 Å². The quantitative estimate of drug-likeness (QED) is 0.776. The van der Waals surface area contributed by atoms with Crippen LogP contribution in [0.15, 0.2) is 30.6 Å². The number of imidazole rings is 1. The number of rotatable bonds is 4. The molecule has 130 valence electrons. The Morgan fingerprint density at radius 2 is 2.28 bits per heavy atom. The number of carbonyl (C=O) groups excluding carboxylic acids is 1. The molecule has 1 amide bonds. The van der Waals surface area contributed by atoms with E-state index < -0.39 is 0 Å². The lowest BCUT2D eigenvalue weighted by atomic mass is 10.2. The molecule has 1 N–H and O–H groups in total. The fraction of sp³-hybridized carbons (Fsp3) is 0.412. The second-order valence-corrected chi connectivity index (χ2v) is 6.15. The standard InChI is InChI=1S/C17H20N6O2/c1-12-19-17(21-20-12)15-10-22(8-9-25-15)16(24)6-7-23-11-18-13-4-2-3-5-14(13)23/h2-5,11,15H,6-10H2,1H3,(H,19,20,21). The van der Waals surface area contributed by atoms with E-state index in [1.54, 1.807) is 6.33 Å². The molecule has 1 aliphatic rings. The Kier molecular flexibility index (Phi) is 4.19. The molecule has 4 rings (SSSR count). The summed E-state index contributed by atoms with van der Waals surface area (Å²) in [5.41, 5.74) is 1.99. The average molecular weight is 340 g/mol. The monoisotopic (exact) mass is 340 g/mol. The molecule has 0 aliphatic carbocycles. The van der Waals surface area contributed by atoms with E-state index in [1.165, 1.54) is 0 Å². The molecular weight excluding hydrogens is 320 g/mol. The van der Waals surface area contributed by atoms with Crippen molar-refractivity contribution in [2.45, 2.75) is 26.0 Å². The van der Waals surface area contributed by atoms with E-state index in [4.69, 9.17) is 4.74 Å². The molecule has 0 saturated carbocycles. The van der Waals surface area contributed by atoms with Crippen LogP contribution < -0.4 is 0 Å². The van der Waals surface area contributed by atoms with E-state index in [0.717, 1.165) is 16.9 Å². The van der Waals surface area contributed by atoms with E-state index in [-0.39, 0.29) is 12.0 Å². The number of ether oxygens (including phenoxy) is 1. The number of hydrogen-bond donors (Lipinski definition) is 1. The first-order chi connectivity index (χ1) is 12.2. The van der Waals surface area contributed by atoms with E-state index in [0.29, 0.717) is 38.5 Å². The molecule has 1 unspecified atom stereocenters. The van der Waals surface area contributed by atoms with Crippen molar-refractivity contribution < 1.29 is 9.53 Å². The van der Waals surface area contributed by atoms with Crippen molar-refractivity contribution in [3.63, 3.8) is 0 Å². The van der Waals surface area contributed by atoms with Crippen molar-refractivity contribution in [2.75, 3.05) is 19.7 Å². The van der Waals surface area contributed by atoms with Crippen LogP contribution in [0.3, 0.4) is 0 Å². The molecule has 1 fully saturated rings. The Morgan fingerprint density at radius 3 is 3.12 bits per heavy atom. The minimum absolute atomic E-state index is 0.110. The number of morpholine rings is 1. The third-order valence-corrected chi connectivity index (χ3v) is 4.42. The van der Waals surface area contributed by atoms with Crippen LogP contribution in [0.2, 0.25) is 0 Å². The molecule has 0 spiro atoms. The zero-order chi connectivity index (χ0) is 17.2. The van der Waals surface area contributed by atoms with Gasteiger partial charge in [-0.05, 0) is 19.1 Å². The number of H-pyrrole nitrogens is 1. The summed E-state index contributed by atoms with van der Waals surface area (Å²) in [7, 11) is 0. The van der Waals surface area contributed by atoms with Crippen molar-refractivity contribution in [2.24, 2.45) is 0 Å². The SMILES string of the molecule is Cc1nc(C2CN(C(=O)CCn3cnc4ccccc43)CCO2)n[nH]1. The van der Waals surface area contributed by atoms with Crippen LogP contribution in [0.5, 0.6) is 0 Å². The highest BCUT2D eigenvalue weighted by Crippen LogP contribution is 2.20. The van der Waals surface area contributed by atoms with Gasteiger partial charge < -0.3 is 14.2 Å². The number of amides is 1. The minimum Gasteiger partial charge on any atom is -0.366 e. The first kappa shape index (κ1) is 15.8. The fourth-order valence-corrected chi connectivity index (χ4v) is 3.10. The van der Waals surface area contributed by atoms with Crippen molar-refractivity contribution in [3.05, 3.63) is 42.2 Å².